The first-order valence-electron chi connectivity index (χ1n) is 14.8. The van der Waals surface area contributed by atoms with Crippen molar-refractivity contribution in [2.75, 3.05) is 55.7 Å². The molecule has 3 aromatic heterocycles. The van der Waals surface area contributed by atoms with Gasteiger partial charge in [-0.25, -0.2) is 9.67 Å². The van der Waals surface area contributed by atoms with Crippen LogP contribution in [0.25, 0.3) is 11.4 Å². The smallest absolute Gasteiger partial charge is 0.152 e. The van der Waals surface area contributed by atoms with Crippen molar-refractivity contribution in [3.05, 3.63) is 42.6 Å². The van der Waals surface area contributed by atoms with Crippen molar-refractivity contribution in [1.29, 1.82) is 0 Å². The molecule has 0 radical (unpaired) electrons. The van der Waals surface area contributed by atoms with Crippen LogP contribution in [-0.4, -0.2) is 81.9 Å². The van der Waals surface area contributed by atoms with Gasteiger partial charge in [-0.2, -0.15) is 0 Å². The Kier molecular flexibility index (Phi) is 5.80. The molecule has 2 unspecified atom stereocenters. The Balaban J connectivity index is 0.973. The third-order valence-electron chi connectivity index (χ3n) is 9.73. The molecule has 5 aliphatic rings. The lowest BCUT2D eigenvalue weighted by Crippen LogP contribution is -2.53. The van der Waals surface area contributed by atoms with E-state index in [1.165, 1.54) is 50.8 Å². The summed E-state index contributed by atoms with van der Waals surface area (Å²) in [5, 5.41) is 12.8. The summed E-state index contributed by atoms with van der Waals surface area (Å²) in [6, 6.07) is 4.92. The van der Waals surface area contributed by atoms with Gasteiger partial charge in [-0.05, 0) is 68.5 Å². The molecular formula is C29H37N9O. The number of rotatable bonds is 8. The lowest BCUT2D eigenvalue weighted by molar-refractivity contribution is -0.0851. The summed E-state index contributed by atoms with van der Waals surface area (Å²) in [7, 11) is 0. The number of piperidine rings is 2. The van der Waals surface area contributed by atoms with Gasteiger partial charge in [0.25, 0.3) is 0 Å². The van der Waals surface area contributed by atoms with Crippen LogP contribution in [0.2, 0.25) is 0 Å². The second kappa shape index (κ2) is 9.52. The summed E-state index contributed by atoms with van der Waals surface area (Å²) in [6.07, 6.45) is 15.7. The SMILES string of the molecule is c1cc(C2(n3cc(-c4cncc(N5CC6CC6C5)n4)nn3)COC2)ncc1N1CCC[C@@H](NCC2CCC2)C1. The molecule has 3 atom stereocenters. The Morgan fingerprint density at radius 2 is 1.85 bits per heavy atom. The van der Waals surface area contributed by atoms with Crippen LogP contribution in [-0.2, 0) is 10.3 Å². The zero-order valence-electron chi connectivity index (χ0n) is 22.5. The second-order valence-electron chi connectivity index (χ2n) is 12.4. The van der Waals surface area contributed by atoms with Gasteiger partial charge in [-0.1, -0.05) is 11.6 Å². The molecule has 6 heterocycles. The van der Waals surface area contributed by atoms with Gasteiger partial charge in [0.05, 0.1) is 49.4 Å². The Morgan fingerprint density at radius 1 is 0.949 bits per heavy atom. The maximum atomic E-state index is 5.70. The van der Waals surface area contributed by atoms with E-state index in [4.69, 9.17) is 14.7 Å². The average Bonchev–Trinajstić information content (AvgIpc) is 3.29. The van der Waals surface area contributed by atoms with Crippen molar-refractivity contribution in [3.63, 3.8) is 0 Å². The summed E-state index contributed by atoms with van der Waals surface area (Å²) in [6.45, 7) is 6.55. The minimum Gasteiger partial charge on any atom is -0.375 e. The highest BCUT2D eigenvalue weighted by Gasteiger charge is 2.46. The fourth-order valence-corrected chi connectivity index (χ4v) is 6.76. The standard InChI is InChI=1S/C29H37N9O/c1-3-20(4-1)10-31-23-5-2-8-36(16-23)24-6-7-27(32-11-24)29(18-39-19-29)38-17-26(34-35-38)25-12-30-13-28(33-25)37-14-21-9-22(21)15-37/h6-7,11-13,17,20-23,31H,1-5,8-10,14-16,18-19H2/t21?,22?,23-/m1/s1. The number of hydrogen-bond donors (Lipinski definition) is 1. The van der Waals surface area contributed by atoms with Crippen LogP contribution >= 0.6 is 0 Å². The van der Waals surface area contributed by atoms with Crippen molar-refractivity contribution in [2.45, 2.75) is 50.1 Å². The molecule has 2 aliphatic carbocycles. The maximum absolute atomic E-state index is 5.70. The number of pyridine rings is 1. The zero-order chi connectivity index (χ0) is 25.8. The molecule has 204 valence electrons. The summed E-state index contributed by atoms with van der Waals surface area (Å²) < 4.78 is 7.61. The monoisotopic (exact) mass is 527 g/mol. The van der Waals surface area contributed by atoms with Crippen molar-refractivity contribution in [1.82, 2.24) is 35.3 Å². The van der Waals surface area contributed by atoms with Gasteiger partial charge in [0, 0.05) is 32.2 Å². The lowest BCUT2D eigenvalue weighted by atomic mass is 9.85. The van der Waals surface area contributed by atoms with E-state index in [1.54, 1.807) is 6.20 Å². The Hall–Kier alpha value is -3.11. The predicted octanol–water partition coefficient (Wildman–Crippen LogP) is 2.72. The predicted molar refractivity (Wildman–Crippen MR) is 148 cm³/mol. The van der Waals surface area contributed by atoms with Crippen LogP contribution in [0.5, 0.6) is 0 Å². The average molecular weight is 528 g/mol. The molecule has 1 N–H and O–H groups in total. The van der Waals surface area contributed by atoms with Crippen molar-refractivity contribution < 1.29 is 4.74 Å². The number of anilines is 2. The third-order valence-corrected chi connectivity index (χ3v) is 9.73. The van der Waals surface area contributed by atoms with Gasteiger partial charge in [-0.3, -0.25) is 9.97 Å². The Labute approximate surface area is 229 Å². The molecule has 3 saturated heterocycles. The second-order valence-corrected chi connectivity index (χ2v) is 12.4. The quantitative estimate of drug-likeness (QED) is 0.474. The molecule has 3 aromatic rings. The van der Waals surface area contributed by atoms with Crippen LogP contribution in [0.1, 0.15) is 44.2 Å². The van der Waals surface area contributed by atoms with E-state index in [2.05, 4.69) is 42.5 Å². The van der Waals surface area contributed by atoms with E-state index in [0.717, 1.165) is 66.8 Å². The van der Waals surface area contributed by atoms with E-state index in [0.29, 0.717) is 19.3 Å². The number of hydrogen-bond acceptors (Lipinski definition) is 9. The molecule has 0 bridgehead atoms. The number of nitrogens with one attached hydrogen (secondary N) is 1. The molecule has 39 heavy (non-hydrogen) atoms. The van der Waals surface area contributed by atoms with E-state index in [-0.39, 0.29) is 0 Å². The van der Waals surface area contributed by atoms with E-state index in [1.807, 2.05) is 23.3 Å². The first-order chi connectivity index (χ1) is 19.2. The summed E-state index contributed by atoms with van der Waals surface area (Å²) in [5.74, 6) is 3.52. The minimum absolute atomic E-state index is 0.445. The fourth-order valence-electron chi connectivity index (χ4n) is 6.76. The van der Waals surface area contributed by atoms with Crippen LogP contribution in [0.15, 0.2) is 36.9 Å². The van der Waals surface area contributed by atoms with Crippen LogP contribution in [0.4, 0.5) is 11.5 Å². The zero-order valence-corrected chi connectivity index (χ0v) is 22.5. The first-order valence-corrected chi connectivity index (χ1v) is 14.8. The highest BCUT2D eigenvalue weighted by atomic mass is 16.5. The van der Waals surface area contributed by atoms with E-state index < -0.39 is 5.54 Å². The molecule has 0 spiro atoms. The number of nitrogens with zero attached hydrogens (tertiary/aromatic N) is 8. The summed E-state index contributed by atoms with van der Waals surface area (Å²) in [5.41, 5.74) is 3.19. The van der Waals surface area contributed by atoms with Crippen molar-refractivity contribution >= 4 is 11.5 Å². The molecule has 8 rings (SSSR count). The molecular weight excluding hydrogens is 490 g/mol. The number of ether oxygens (including phenoxy) is 1. The highest BCUT2D eigenvalue weighted by molar-refractivity contribution is 5.55. The number of fused-ring (bicyclic) bond motifs is 1. The first kappa shape index (κ1) is 23.7. The normalized spacial score (nSPS) is 27.6. The van der Waals surface area contributed by atoms with Crippen LogP contribution in [0, 0.1) is 17.8 Å². The third kappa shape index (κ3) is 4.37. The van der Waals surface area contributed by atoms with Gasteiger partial charge in [0.2, 0.25) is 0 Å². The molecule has 0 aromatic carbocycles. The Bertz CT molecular complexity index is 1310. The molecule has 10 nitrogen and oxygen atoms in total. The van der Waals surface area contributed by atoms with Gasteiger partial charge in [0.1, 0.15) is 17.2 Å². The maximum Gasteiger partial charge on any atom is 0.152 e. The largest absolute Gasteiger partial charge is 0.375 e. The minimum atomic E-state index is -0.445. The van der Waals surface area contributed by atoms with Gasteiger partial charge in [0.15, 0.2) is 5.54 Å². The van der Waals surface area contributed by atoms with Crippen molar-refractivity contribution in [2.24, 2.45) is 17.8 Å². The molecule has 2 saturated carbocycles. The van der Waals surface area contributed by atoms with Crippen LogP contribution in [0.3, 0.4) is 0 Å². The molecule has 3 aliphatic heterocycles. The lowest BCUT2D eigenvalue weighted by Gasteiger charge is -2.41. The van der Waals surface area contributed by atoms with E-state index in [9.17, 15) is 0 Å². The fraction of sp³-hybridized carbons (Fsp3) is 0.621. The van der Waals surface area contributed by atoms with Gasteiger partial charge < -0.3 is 19.9 Å². The molecule has 5 fully saturated rings. The molecule has 10 heteroatoms. The topological polar surface area (TPSA) is 97.1 Å². The highest BCUT2D eigenvalue weighted by Crippen LogP contribution is 2.46. The summed E-state index contributed by atoms with van der Waals surface area (Å²) >= 11 is 0. The van der Waals surface area contributed by atoms with Gasteiger partial charge in [-0.15, -0.1) is 5.10 Å². The van der Waals surface area contributed by atoms with E-state index >= 15 is 0 Å². The number of aromatic nitrogens is 6. The Morgan fingerprint density at radius 3 is 2.59 bits per heavy atom. The van der Waals surface area contributed by atoms with Crippen molar-refractivity contribution in [3.8, 4) is 11.4 Å². The molecule has 0 amide bonds. The van der Waals surface area contributed by atoms with Crippen LogP contribution < -0.4 is 15.1 Å². The summed E-state index contributed by atoms with van der Waals surface area (Å²) in [4.78, 5) is 19.1. The van der Waals surface area contributed by atoms with Gasteiger partial charge >= 0.3 is 0 Å².